The number of aryl methyl sites for hydroxylation is 1. The molecule has 0 aliphatic carbocycles. The Kier molecular flexibility index (Phi) is 6.33. The zero-order valence-corrected chi connectivity index (χ0v) is 14.0. The molecule has 2 aromatic rings. The van der Waals surface area contributed by atoms with E-state index in [0.717, 1.165) is 25.9 Å². The first kappa shape index (κ1) is 16.1. The fourth-order valence-electron chi connectivity index (χ4n) is 2.39. The molecule has 2 rings (SSSR count). The van der Waals surface area contributed by atoms with Crippen molar-refractivity contribution in [2.24, 2.45) is 0 Å². The first-order valence-corrected chi connectivity index (χ1v) is 8.90. The monoisotopic (exact) mass is 303 g/mol. The summed E-state index contributed by atoms with van der Waals surface area (Å²) in [6, 6.07) is 9.05. The minimum atomic E-state index is 0.228. The van der Waals surface area contributed by atoms with Crippen molar-refractivity contribution in [3.63, 3.8) is 0 Å². The Labute approximate surface area is 132 Å². The molecule has 0 saturated heterocycles. The van der Waals surface area contributed by atoms with Crippen LogP contribution in [0.2, 0.25) is 0 Å². The van der Waals surface area contributed by atoms with Gasteiger partial charge in [0.25, 0.3) is 0 Å². The molecule has 0 bridgehead atoms. The topological polar surface area (TPSA) is 29.9 Å². The van der Waals surface area contributed by atoms with Crippen molar-refractivity contribution in [3.8, 4) is 0 Å². The van der Waals surface area contributed by atoms with Gasteiger partial charge in [-0.05, 0) is 43.3 Å². The molecule has 3 nitrogen and oxygen atoms in total. The number of hydrogen-bond acceptors (Lipinski definition) is 3. The van der Waals surface area contributed by atoms with Crippen LogP contribution in [-0.2, 0) is 6.54 Å². The van der Waals surface area contributed by atoms with Crippen LogP contribution in [0, 0.1) is 0 Å². The van der Waals surface area contributed by atoms with Gasteiger partial charge >= 0.3 is 0 Å². The maximum absolute atomic E-state index is 4.47. The SMILES string of the molecule is CCCNC(c1ccc(SC)cc1)c1cnn(CCC)c1. The number of nitrogens with zero attached hydrogens (tertiary/aromatic N) is 2. The Morgan fingerprint density at radius 3 is 2.52 bits per heavy atom. The van der Waals surface area contributed by atoms with Gasteiger partial charge in [-0.15, -0.1) is 11.8 Å². The van der Waals surface area contributed by atoms with E-state index in [0.29, 0.717) is 0 Å². The molecule has 0 fully saturated rings. The largest absolute Gasteiger partial charge is 0.306 e. The van der Waals surface area contributed by atoms with Gasteiger partial charge in [-0.3, -0.25) is 4.68 Å². The van der Waals surface area contributed by atoms with E-state index in [9.17, 15) is 0 Å². The molecule has 0 amide bonds. The first-order valence-electron chi connectivity index (χ1n) is 7.68. The maximum Gasteiger partial charge on any atom is 0.0607 e. The summed E-state index contributed by atoms with van der Waals surface area (Å²) >= 11 is 1.78. The number of rotatable bonds is 8. The van der Waals surface area contributed by atoms with Gasteiger partial charge in [-0.25, -0.2) is 0 Å². The lowest BCUT2D eigenvalue weighted by atomic mass is 10.0. The van der Waals surface area contributed by atoms with Crippen molar-refractivity contribution in [1.29, 1.82) is 0 Å². The van der Waals surface area contributed by atoms with Gasteiger partial charge in [0, 0.05) is 23.2 Å². The van der Waals surface area contributed by atoms with Gasteiger partial charge in [0.2, 0.25) is 0 Å². The van der Waals surface area contributed by atoms with Crippen molar-refractivity contribution >= 4 is 11.8 Å². The van der Waals surface area contributed by atoms with E-state index in [2.05, 4.69) is 61.0 Å². The average Bonchev–Trinajstić information content (AvgIpc) is 2.97. The fraction of sp³-hybridized carbons (Fsp3) is 0.471. The van der Waals surface area contributed by atoms with Crippen LogP contribution in [0.15, 0.2) is 41.6 Å². The van der Waals surface area contributed by atoms with E-state index >= 15 is 0 Å². The summed E-state index contributed by atoms with van der Waals surface area (Å²) < 4.78 is 2.03. The van der Waals surface area contributed by atoms with Gasteiger partial charge in [-0.2, -0.15) is 5.10 Å². The lowest BCUT2D eigenvalue weighted by Crippen LogP contribution is -2.22. The Balaban J connectivity index is 2.22. The number of hydrogen-bond donors (Lipinski definition) is 1. The van der Waals surface area contributed by atoms with Crippen molar-refractivity contribution in [2.75, 3.05) is 12.8 Å². The molecule has 1 unspecified atom stereocenters. The predicted molar refractivity (Wildman–Crippen MR) is 90.9 cm³/mol. The molecule has 0 spiro atoms. The third kappa shape index (κ3) is 4.35. The third-order valence-corrected chi connectivity index (χ3v) is 4.23. The minimum Gasteiger partial charge on any atom is -0.306 e. The summed E-state index contributed by atoms with van der Waals surface area (Å²) in [7, 11) is 0. The highest BCUT2D eigenvalue weighted by atomic mass is 32.2. The lowest BCUT2D eigenvalue weighted by Gasteiger charge is -2.18. The molecule has 1 atom stereocenters. The van der Waals surface area contributed by atoms with E-state index in [4.69, 9.17) is 0 Å². The summed E-state index contributed by atoms with van der Waals surface area (Å²) in [4.78, 5) is 1.30. The van der Waals surface area contributed by atoms with Crippen LogP contribution < -0.4 is 5.32 Å². The van der Waals surface area contributed by atoms with Crippen LogP contribution in [0.1, 0.15) is 43.9 Å². The highest BCUT2D eigenvalue weighted by Crippen LogP contribution is 2.24. The molecular formula is C17H25N3S. The van der Waals surface area contributed by atoms with Crippen LogP contribution in [0.3, 0.4) is 0 Å². The van der Waals surface area contributed by atoms with E-state index < -0.39 is 0 Å². The molecule has 1 N–H and O–H groups in total. The Morgan fingerprint density at radius 2 is 1.90 bits per heavy atom. The van der Waals surface area contributed by atoms with Gasteiger partial charge in [0.05, 0.1) is 12.2 Å². The van der Waals surface area contributed by atoms with Gasteiger partial charge < -0.3 is 5.32 Å². The summed E-state index contributed by atoms with van der Waals surface area (Å²) in [6.45, 7) is 6.36. The molecule has 0 radical (unpaired) electrons. The minimum absolute atomic E-state index is 0.228. The smallest absolute Gasteiger partial charge is 0.0607 e. The summed E-state index contributed by atoms with van der Waals surface area (Å²) in [5, 5.41) is 8.10. The van der Waals surface area contributed by atoms with Crippen molar-refractivity contribution in [1.82, 2.24) is 15.1 Å². The standard InChI is InChI=1S/C17H25N3S/c1-4-10-18-17(14-6-8-16(21-3)9-7-14)15-12-19-20(13-15)11-5-2/h6-9,12-13,17-18H,4-5,10-11H2,1-3H3. The summed E-state index contributed by atoms with van der Waals surface area (Å²) in [6.07, 6.45) is 8.50. The maximum atomic E-state index is 4.47. The van der Waals surface area contributed by atoms with Gasteiger partial charge in [0.1, 0.15) is 0 Å². The molecule has 21 heavy (non-hydrogen) atoms. The molecular weight excluding hydrogens is 278 g/mol. The Bertz CT molecular complexity index is 533. The number of thioether (sulfide) groups is 1. The quantitative estimate of drug-likeness (QED) is 0.745. The average molecular weight is 303 g/mol. The highest BCUT2D eigenvalue weighted by molar-refractivity contribution is 7.98. The third-order valence-electron chi connectivity index (χ3n) is 3.49. The van der Waals surface area contributed by atoms with Gasteiger partial charge in [-0.1, -0.05) is 26.0 Å². The van der Waals surface area contributed by atoms with Gasteiger partial charge in [0.15, 0.2) is 0 Å². The zero-order valence-electron chi connectivity index (χ0n) is 13.2. The molecule has 1 aromatic heterocycles. The molecule has 4 heteroatoms. The Hall–Kier alpha value is -1.26. The number of benzene rings is 1. The Morgan fingerprint density at radius 1 is 1.14 bits per heavy atom. The first-order chi connectivity index (χ1) is 10.3. The molecule has 0 aliphatic rings. The zero-order chi connectivity index (χ0) is 15.1. The van der Waals surface area contributed by atoms with Crippen LogP contribution in [0.5, 0.6) is 0 Å². The lowest BCUT2D eigenvalue weighted by molar-refractivity contribution is 0.588. The van der Waals surface area contributed by atoms with Crippen LogP contribution >= 0.6 is 11.8 Å². The molecule has 114 valence electrons. The van der Waals surface area contributed by atoms with Crippen LogP contribution in [0.25, 0.3) is 0 Å². The van der Waals surface area contributed by atoms with Crippen LogP contribution in [-0.4, -0.2) is 22.6 Å². The van der Waals surface area contributed by atoms with Crippen LogP contribution in [0.4, 0.5) is 0 Å². The van der Waals surface area contributed by atoms with E-state index in [1.807, 2.05) is 10.9 Å². The summed E-state index contributed by atoms with van der Waals surface area (Å²) in [5.41, 5.74) is 2.55. The van der Waals surface area contributed by atoms with E-state index in [-0.39, 0.29) is 6.04 Å². The van der Waals surface area contributed by atoms with E-state index in [1.54, 1.807) is 11.8 Å². The normalized spacial score (nSPS) is 12.5. The predicted octanol–water partition coefficient (Wildman–Crippen LogP) is 4.10. The molecule has 0 aliphatic heterocycles. The second-order valence-corrected chi connectivity index (χ2v) is 6.08. The number of aromatic nitrogens is 2. The van der Waals surface area contributed by atoms with Crippen molar-refractivity contribution in [3.05, 3.63) is 47.8 Å². The second kappa shape index (κ2) is 8.25. The van der Waals surface area contributed by atoms with Crippen molar-refractivity contribution < 1.29 is 0 Å². The molecule has 0 saturated carbocycles. The van der Waals surface area contributed by atoms with Crippen molar-refractivity contribution in [2.45, 2.75) is 44.2 Å². The number of nitrogens with one attached hydrogen (secondary N) is 1. The summed E-state index contributed by atoms with van der Waals surface area (Å²) in [5.74, 6) is 0. The fourth-order valence-corrected chi connectivity index (χ4v) is 2.80. The van der Waals surface area contributed by atoms with E-state index in [1.165, 1.54) is 16.0 Å². The highest BCUT2D eigenvalue weighted by Gasteiger charge is 2.15. The molecule has 1 heterocycles. The second-order valence-electron chi connectivity index (χ2n) is 5.20. The molecule has 1 aromatic carbocycles.